The van der Waals surface area contributed by atoms with Crippen LogP contribution in [0.4, 0.5) is 15.9 Å². The highest BCUT2D eigenvalue weighted by Crippen LogP contribution is 2.34. The summed E-state index contributed by atoms with van der Waals surface area (Å²) in [6, 6.07) is 8.46. The Morgan fingerprint density at radius 1 is 1.14 bits per heavy atom. The van der Waals surface area contributed by atoms with Gasteiger partial charge >= 0.3 is 0 Å². The van der Waals surface area contributed by atoms with Crippen LogP contribution in [0.3, 0.4) is 0 Å². The Morgan fingerprint density at radius 3 is 2.54 bits per heavy atom. The SMILES string of the molecule is CC(=O)N1CCN(C2CCCCC2)CC1.COc1cc2ncnc(Nc3cccc(Cl)c3F)c2cc1O. The molecule has 2 N–H and O–H groups in total. The van der Waals surface area contributed by atoms with Crippen molar-refractivity contribution in [3.05, 3.63) is 47.5 Å². The minimum absolute atomic E-state index is 0.00729. The van der Waals surface area contributed by atoms with Gasteiger partial charge in [-0.25, -0.2) is 14.4 Å². The van der Waals surface area contributed by atoms with Gasteiger partial charge in [-0.2, -0.15) is 0 Å². The van der Waals surface area contributed by atoms with E-state index in [9.17, 15) is 14.3 Å². The van der Waals surface area contributed by atoms with E-state index in [4.69, 9.17) is 16.3 Å². The van der Waals surface area contributed by atoms with Crippen molar-refractivity contribution in [3.63, 3.8) is 0 Å². The van der Waals surface area contributed by atoms with Crippen LogP contribution in [0.1, 0.15) is 39.0 Å². The van der Waals surface area contributed by atoms with Crippen LogP contribution in [-0.2, 0) is 4.79 Å². The summed E-state index contributed by atoms with van der Waals surface area (Å²) in [6.07, 6.45) is 8.31. The van der Waals surface area contributed by atoms with Gasteiger partial charge in [0.1, 0.15) is 12.1 Å². The van der Waals surface area contributed by atoms with E-state index in [1.54, 1.807) is 25.1 Å². The number of phenols is 1. The number of aromatic nitrogens is 2. The molecule has 0 bridgehead atoms. The van der Waals surface area contributed by atoms with E-state index < -0.39 is 5.82 Å². The van der Waals surface area contributed by atoms with Crippen LogP contribution >= 0.6 is 11.6 Å². The fraction of sp³-hybridized carbons (Fsp3) is 0.444. The summed E-state index contributed by atoms with van der Waals surface area (Å²) in [7, 11) is 1.45. The first kappa shape index (κ1) is 26.9. The molecule has 1 saturated heterocycles. The molecular weight excluding hydrogens is 497 g/mol. The summed E-state index contributed by atoms with van der Waals surface area (Å²) in [4.78, 5) is 24.0. The zero-order valence-corrected chi connectivity index (χ0v) is 22.0. The Kier molecular flexibility index (Phi) is 9.00. The number of benzene rings is 2. The number of hydrogen-bond acceptors (Lipinski definition) is 7. The van der Waals surface area contributed by atoms with Gasteiger partial charge in [0, 0.05) is 50.6 Å². The third-order valence-corrected chi connectivity index (χ3v) is 7.28. The van der Waals surface area contributed by atoms with Crippen molar-refractivity contribution in [2.45, 2.75) is 45.1 Å². The van der Waals surface area contributed by atoms with Crippen LogP contribution in [0.5, 0.6) is 11.5 Å². The lowest BCUT2D eigenvalue weighted by Gasteiger charge is -2.40. The summed E-state index contributed by atoms with van der Waals surface area (Å²) in [5.74, 6) is 0.251. The molecule has 2 aromatic carbocycles. The van der Waals surface area contributed by atoms with E-state index in [0.29, 0.717) is 22.5 Å². The van der Waals surface area contributed by atoms with Crippen molar-refractivity contribution < 1.29 is 19.0 Å². The van der Waals surface area contributed by atoms with Gasteiger partial charge in [-0.1, -0.05) is 36.9 Å². The third-order valence-electron chi connectivity index (χ3n) is 6.99. The molecule has 3 aromatic rings. The van der Waals surface area contributed by atoms with Gasteiger partial charge in [-0.05, 0) is 31.0 Å². The number of hydrogen-bond donors (Lipinski definition) is 2. The van der Waals surface area contributed by atoms with E-state index in [1.165, 1.54) is 57.7 Å². The largest absolute Gasteiger partial charge is 0.504 e. The molecule has 1 amide bonds. The second-order valence-corrected chi connectivity index (χ2v) is 9.73. The van der Waals surface area contributed by atoms with Crippen molar-refractivity contribution >= 4 is 39.9 Å². The van der Waals surface area contributed by atoms with Gasteiger partial charge in [-0.15, -0.1) is 0 Å². The number of rotatable bonds is 4. The maximum atomic E-state index is 14.0. The molecule has 1 aliphatic carbocycles. The van der Waals surface area contributed by atoms with Gasteiger partial charge in [0.05, 0.1) is 23.3 Å². The maximum Gasteiger partial charge on any atom is 0.219 e. The summed E-state index contributed by atoms with van der Waals surface area (Å²) in [5, 5.41) is 13.3. The minimum Gasteiger partial charge on any atom is -0.504 e. The number of amides is 1. The number of ether oxygens (including phenoxy) is 1. The molecule has 0 atom stereocenters. The first-order valence-electron chi connectivity index (χ1n) is 12.6. The Morgan fingerprint density at radius 2 is 1.86 bits per heavy atom. The van der Waals surface area contributed by atoms with Crippen molar-refractivity contribution in [2.75, 3.05) is 38.6 Å². The number of halogens is 2. The number of nitrogens with one attached hydrogen (secondary N) is 1. The molecule has 1 aliphatic heterocycles. The maximum absolute atomic E-state index is 14.0. The summed E-state index contributed by atoms with van der Waals surface area (Å²) in [6.45, 7) is 5.72. The van der Waals surface area contributed by atoms with Crippen LogP contribution in [0, 0.1) is 5.82 Å². The molecular formula is C27H33ClFN5O3. The van der Waals surface area contributed by atoms with Crippen molar-refractivity contribution in [2.24, 2.45) is 0 Å². The zero-order valence-electron chi connectivity index (χ0n) is 21.2. The first-order chi connectivity index (χ1) is 17.9. The lowest BCUT2D eigenvalue weighted by molar-refractivity contribution is -0.131. The predicted octanol–water partition coefficient (Wildman–Crippen LogP) is 5.36. The van der Waals surface area contributed by atoms with Crippen molar-refractivity contribution in [3.8, 4) is 11.5 Å². The second-order valence-electron chi connectivity index (χ2n) is 9.32. The molecule has 0 spiro atoms. The molecule has 0 radical (unpaired) electrons. The van der Waals surface area contributed by atoms with Gasteiger partial charge in [-0.3, -0.25) is 9.69 Å². The predicted molar refractivity (Wildman–Crippen MR) is 143 cm³/mol. The molecule has 2 heterocycles. The number of carbonyl (C=O) groups excluding carboxylic acids is 1. The monoisotopic (exact) mass is 529 g/mol. The average Bonchev–Trinajstić information content (AvgIpc) is 2.92. The van der Waals surface area contributed by atoms with Crippen LogP contribution in [0.2, 0.25) is 5.02 Å². The van der Waals surface area contributed by atoms with Gasteiger partial charge in [0.15, 0.2) is 17.3 Å². The Labute approximate surface area is 221 Å². The second kappa shape index (κ2) is 12.4. The smallest absolute Gasteiger partial charge is 0.219 e. The molecule has 8 nitrogen and oxygen atoms in total. The third kappa shape index (κ3) is 6.59. The normalized spacial score (nSPS) is 16.7. The molecule has 5 rings (SSSR count). The van der Waals surface area contributed by atoms with E-state index in [-0.39, 0.29) is 22.4 Å². The minimum atomic E-state index is -0.575. The number of fused-ring (bicyclic) bond motifs is 1. The number of carbonyl (C=O) groups is 1. The number of anilines is 2. The highest BCUT2D eigenvalue weighted by molar-refractivity contribution is 6.31. The summed E-state index contributed by atoms with van der Waals surface area (Å²) in [5.41, 5.74) is 0.734. The summed E-state index contributed by atoms with van der Waals surface area (Å²) >= 11 is 5.76. The molecule has 37 heavy (non-hydrogen) atoms. The topological polar surface area (TPSA) is 90.8 Å². The standard InChI is InChI=1S/C15H11ClFN3O2.C12H22N2O/c1-22-13-6-11-8(5-12(13)21)15(19-7-18-11)20-10-4-2-3-9(16)14(10)17;1-11(15)13-7-9-14(10-8-13)12-5-3-2-4-6-12/h2-7,21H,1H3,(H,18,19,20);12H,2-10H2,1H3. The van der Waals surface area contributed by atoms with E-state index >= 15 is 0 Å². The van der Waals surface area contributed by atoms with Crippen LogP contribution in [-0.4, -0.2) is 70.1 Å². The highest BCUT2D eigenvalue weighted by atomic mass is 35.5. The number of methoxy groups -OCH3 is 1. The number of piperazine rings is 1. The molecule has 2 aliphatic rings. The van der Waals surface area contributed by atoms with E-state index in [1.807, 2.05) is 4.90 Å². The quantitative estimate of drug-likeness (QED) is 0.470. The van der Waals surface area contributed by atoms with Crippen molar-refractivity contribution in [1.29, 1.82) is 0 Å². The highest BCUT2D eigenvalue weighted by Gasteiger charge is 2.25. The van der Waals surface area contributed by atoms with E-state index in [0.717, 1.165) is 32.2 Å². The lowest BCUT2D eigenvalue weighted by Crippen LogP contribution is -2.51. The molecule has 0 unspecified atom stereocenters. The molecule has 10 heteroatoms. The lowest BCUT2D eigenvalue weighted by atomic mass is 9.94. The number of nitrogens with zero attached hydrogens (tertiary/aromatic N) is 4. The molecule has 198 valence electrons. The van der Waals surface area contributed by atoms with Crippen molar-refractivity contribution in [1.82, 2.24) is 19.8 Å². The Balaban J connectivity index is 0.000000186. The van der Waals surface area contributed by atoms with Gasteiger partial charge < -0.3 is 20.1 Å². The van der Waals surface area contributed by atoms with E-state index in [2.05, 4.69) is 20.2 Å². The molecule has 1 aromatic heterocycles. The number of aromatic hydroxyl groups is 1. The Hall–Kier alpha value is -3.17. The van der Waals surface area contributed by atoms with Gasteiger partial charge in [0.25, 0.3) is 0 Å². The zero-order chi connectivity index (χ0) is 26.4. The number of phenolic OH excluding ortho intramolecular Hbond substituents is 1. The molecule has 2 fully saturated rings. The van der Waals surface area contributed by atoms with Gasteiger partial charge in [0.2, 0.25) is 5.91 Å². The average molecular weight is 530 g/mol. The summed E-state index contributed by atoms with van der Waals surface area (Å²) < 4.78 is 19.0. The fourth-order valence-corrected chi connectivity index (χ4v) is 5.09. The van der Waals surface area contributed by atoms with Crippen LogP contribution < -0.4 is 10.1 Å². The first-order valence-corrected chi connectivity index (χ1v) is 13.0. The Bertz CT molecular complexity index is 1230. The molecule has 1 saturated carbocycles. The van der Waals surface area contributed by atoms with Crippen LogP contribution in [0.15, 0.2) is 36.7 Å². The fourth-order valence-electron chi connectivity index (χ4n) is 4.91. The van der Waals surface area contributed by atoms with Crippen LogP contribution in [0.25, 0.3) is 10.9 Å².